The minimum atomic E-state index is -0.952. The first-order valence-electron chi connectivity index (χ1n) is 4.59. The summed E-state index contributed by atoms with van der Waals surface area (Å²) in [6.45, 7) is 0. The third-order valence-electron chi connectivity index (χ3n) is 2.23. The number of halogens is 1. The van der Waals surface area contributed by atoms with E-state index in [1.807, 2.05) is 0 Å². The Hall–Kier alpha value is -1.62. The summed E-state index contributed by atoms with van der Waals surface area (Å²) in [5.74, 6) is -0.952. The fourth-order valence-electron chi connectivity index (χ4n) is 1.61. The van der Waals surface area contributed by atoms with Crippen LogP contribution in [0, 0.1) is 0 Å². The topological polar surface area (TPSA) is 70.2 Å². The molecule has 0 saturated carbocycles. The number of pyridine rings is 1. The molecule has 82 valence electrons. The molecule has 1 aromatic heterocycles. The Bertz CT molecular complexity index is 618. The van der Waals surface area contributed by atoms with E-state index in [4.69, 9.17) is 5.11 Å². The summed E-state index contributed by atoms with van der Waals surface area (Å²) in [5.41, 5.74) is 0.880. The normalized spacial score (nSPS) is 10.6. The first-order chi connectivity index (χ1) is 7.56. The molecular weight excluding hydrogens is 274 g/mol. The lowest BCUT2D eigenvalue weighted by Gasteiger charge is -2.04. The van der Waals surface area contributed by atoms with Crippen LogP contribution in [0.3, 0.4) is 0 Å². The van der Waals surface area contributed by atoms with Crippen LogP contribution in [-0.4, -0.2) is 16.1 Å². The Labute approximate surface area is 99.0 Å². The molecule has 0 amide bonds. The van der Waals surface area contributed by atoms with Gasteiger partial charge in [-0.25, -0.2) is 0 Å². The first kappa shape index (κ1) is 10.9. The van der Waals surface area contributed by atoms with E-state index >= 15 is 0 Å². The van der Waals surface area contributed by atoms with Gasteiger partial charge in [-0.3, -0.25) is 9.59 Å². The van der Waals surface area contributed by atoms with E-state index in [1.165, 1.54) is 6.07 Å². The molecule has 4 nitrogen and oxygen atoms in total. The van der Waals surface area contributed by atoms with Gasteiger partial charge in [-0.2, -0.15) is 0 Å². The zero-order valence-corrected chi connectivity index (χ0v) is 9.74. The van der Waals surface area contributed by atoms with Crippen molar-refractivity contribution in [3.63, 3.8) is 0 Å². The van der Waals surface area contributed by atoms with Gasteiger partial charge in [-0.15, -0.1) is 0 Å². The van der Waals surface area contributed by atoms with Crippen molar-refractivity contribution in [1.82, 2.24) is 4.98 Å². The van der Waals surface area contributed by atoms with E-state index in [-0.39, 0.29) is 12.0 Å². The van der Waals surface area contributed by atoms with Crippen LogP contribution in [-0.2, 0) is 11.2 Å². The van der Waals surface area contributed by atoms with Crippen molar-refractivity contribution in [2.45, 2.75) is 6.42 Å². The van der Waals surface area contributed by atoms with Crippen LogP contribution < -0.4 is 5.56 Å². The number of hydrogen-bond acceptors (Lipinski definition) is 2. The predicted molar refractivity (Wildman–Crippen MR) is 63.6 cm³/mol. The maximum absolute atomic E-state index is 11.3. The van der Waals surface area contributed by atoms with Crippen LogP contribution in [0.1, 0.15) is 5.56 Å². The van der Waals surface area contributed by atoms with Gasteiger partial charge in [0.15, 0.2) is 0 Å². The molecular formula is C11H8BrNO3. The second kappa shape index (κ2) is 4.09. The van der Waals surface area contributed by atoms with Crippen molar-refractivity contribution in [1.29, 1.82) is 0 Å². The number of nitrogens with one attached hydrogen (secondary N) is 1. The number of aliphatic carboxylic acids is 1. The number of H-pyrrole nitrogens is 1. The van der Waals surface area contributed by atoms with Crippen LogP contribution in [0.4, 0.5) is 0 Å². The van der Waals surface area contributed by atoms with Gasteiger partial charge in [0, 0.05) is 21.4 Å². The van der Waals surface area contributed by atoms with E-state index in [9.17, 15) is 9.59 Å². The molecule has 1 heterocycles. The molecule has 2 aromatic rings. The fourth-order valence-corrected chi connectivity index (χ4v) is 1.97. The quantitative estimate of drug-likeness (QED) is 0.884. The highest BCUT2D eigenvalue weighted by Gasteiger charge is 2.07. The van der Waals surface area contributed by atoms with Crippen molar-refractivity contribution >= 4 is 32.8 Å². The molecule has 0 atom stereocenters. The molecule has 2 rings (SSSR count). The molecule has 0 radical (unpaired) electrons. The van der Waals surface area contributed by atoms with Crippen LogP contribution in [0.5, 0.6) is 0 Å². The minimum Gasteiger partial charge on any atom is -0.481 e. The van der Waals surface area contributed by atoms with E-state index in [0.29, 0.717) is 11.1 Å². The van der Waals surface area contributed by atoms with E-state index in [0.717, 1.165) is 9.86 Å². The summed E-state index contributed by atoms with van der Waals surface area (Å²) >= 11 is 3.31. The highest BCUT2D eigenvalue weighted by molar-refractivity contribution is 9.10. The van der Waals surface area contributed by atoms with Gasteiger partial charge in [0.25, 0.3) is 0 Å². The van der Waals surface area contributed by atoms with E-state index < -0.39 is 5.97 Å². The number of fused-ring (bicyclic) bond motifs is 1. The summed E-state index contributed by atoms with van der Waals surface area (Å²) in [6.07, 6.45) is -0.156. The van der Waals surface area contributed by atoms with Crippen molar-refractivity contribution in [3.8, 4) is 0 Å². The number of benzene rings is 1. The molecule has 0 bridgehead atoms. The van der Waals surface area contributed by atoms with Crippen molar-refractivity contribution < 1.29 is 9.90 Å². The third-order valence-corrected chi connectivity index (χ3v) is 2.73. The smallest absolute Gasteiger partial charge is 0.307 e. The second-order valence-electron chi connectivity index (χ2n) is 3.42. The van der Waals surface area contributed by atoms with Crippen LogP contribution >= 0.6 is 15.9 Å². The maximum atomic E-state index is 11.3. The van der Waals surface area contributed by atoms with Gasteiger partial charge in [-0.05, 0) is 23.8 Å². The highest BCUT2D eigenvalue weighted by Crippen LogP contribution is 2.20. The summed E-state index contributed by atoms with van der Waals surface area (Å²) in [7, 11) is 0. The molecule has 0 unspecified atom stereocenters. The van der Waals surface area contributed by atoms with Crippen LogP contribution in [0.25, 0.3) is 10.9 Å². The maximum Gasteiger partial charge on any atom is 0.307 e. The van der Waals surface area contributed by atoms with Gasteiger partial charge >= 0.3 is 5.97 Å². The van der Waals surface area contributed by atoms with E-state index in [2.05, 4.69) is 20.9 Å². The lowest BCUT2D eigenvalue weighted by Crippen LogP contribution is -2.09. The van der Waals surface area contributed by atoms with Crippen LogP contribution in [0.2, 0.25) is 0 Å². The van der Waals surface area contributed by atoms with Crippen molar-refractivity contribution in [3.05, 3.63) is 44.7 Å². The molecule has 16 heavy (non-hydrogen) atoms. The molecule has 0 aliphatic heterocycles. The number of aromatic amines is 1. The van der Waals surface area contributed by atoms with Crippen molar-refractivity contribution in [2.24, 2.45) is 0 Å². The molecule has 0 aliphatic rings. The zero-order chi connectivity index (χ0) is 11.7. The Morgan fingerprint density at radius 1 is 1.38 bits per heavy atom. The first-order valence-corrected chi connectivity index (χ1v) is 5.39. The molecule has 0 saturated heterocycles. The Morgan fingerprint density at radius 3 is 2.81 bits per heavy atom. The number of hydrogen-bond donors (Lipinski definition) is 2. The Kier molecular flexibility index (Phi) is 2.78. The van der Waals surface area contributed by atoms with Gasteiger partial charge in [0.05, 0.1) is 6.42 Å². The average molecular weight is 282 g/mol. The van der Waals surface area contributed by atoms with Crippen LogP contribution in [0.15, 0.2) is 33.5 Å². The molecule has 0 spiro atoms. The number of carboxylic acids is 1. The number of carbonyl (C=O) groups is 1. The predicted octanol–water partition coefficient (Wildman–Crippen LogP) is 1.92. The van der Waals surface area contributed by atoms with Gasteiger partial charge < -0.3 is 10.1 Å². The van der Waals surface area contributed by atoms with Gasteiger partial charge in [-0.1, -0.05) is 15.9 Å². The van der Waals surface area contributed by atoms with Gasteiger partial charge in [0.1, 0.15) is 0 Å². The summed E-state index contributed by atoms with van der Waals surface area (Å²) in [6, 6.07) is 6.65. The average Bonchev–Trinajstić information content (AvgIpc) is 2.18. The van der Waals surface area contributed by atoms with Crippen molar-refractivity contribution in [2.75, 3.05) is 0 Å². The lowest BCUT2D eigenvalue weighted by atomic mass is 10.1. The fraction of sp³-hybridized carbons (Fsp3) is 0.0909. The number of rotatable bonds is 2. The standard InChI is InChI=1S/C11H8BrNO3/c12-7-1-2-9-8(5-7)6(4-11(15)16)3-10(14)13-9/h1-3,5H,4H2,(H,13,14)(H,15,16). The Balaban J connectivity index is 2.74. The SMILES string of the molecule is O=C(O)Cc1cc(=O)[nH]c2ccc(Br)cc12. The molecule has 2 N–H and O–H groups in total. The summed E-state index contributed by atoms with van der Waals surface area (Å²) < 4.78 is 0.846. The summed E-state index contributed by atoms with van der Waals surface area (Å²) in [4.78, 5) is 24.7. The van der Waals surface area contributed by atoms with Gasteiger partial charge in [0.2, 0.25) is 5.56 Å². The molecule has 0 aliphatic carbocycles. The largest absolute Gasteiger partial charge is 0.481 e. The van der Waals surface area contributed by atoms with E-state index in [1.54, 1.807) is 18.2 Å². The zero-order valence-electron chi connectivity index (χ0n) is 8.16. The minimum absolute atomic E-state index is 0.156. The molecule has 1 aromatic carbocycles. The molecule has 0 fully saturated rings. The lowest BCUT2D eigenvalue weighted by molar-refractivity contribution is -0.136. The number of carboxylic acid groups (broad SMARTS) is 1. The molecule has 5 heteroatoms. The number of aromatic nitrogens is 1. The second-order valence-corrected chi connectivity index (χ2v) is 4.33. The monoisotopic (exact) mass is 281 g/mol. The Morgan fingerprint density at radius 2 is 2.12 bits per heavy atom. The summed E-state index contributed by atoms with van der Waals surface area (Å²) in [5, 5.41) is 9.51. The highest BCUT2D eigenvalue weighted by atomic mass is 79.9. The third kappa shape index (κ3) is 2.14.